The molecule has 0 spiro atoms. The van der Waals surface area contributed by atoms with E-state index in [1.165, 1.54) is 12.1 Å². The van der Waals surface area contributed by atoms with Gasteiger partial charge in [0.25, 0.3) is 0 Å². The molecule has 0 aliphatic rings. The van der Waals surface area contributed by atoms with Crippen molar-refractivity contribution in [2.45, 2.75) is 25.2 Å². The molecule has 1 unspecified atom stereocenters. The predicted molar refractivity (Wildman–Crippen MR) is 56.9 cm³/mol. The van der Waals surface area contributed by atoms with Crippen molar-refractivity contribution in [2.24, 2.45) is 5.73 Å². The van der Waals surface area contributed by atoms with E-state index in [9.17, 15) is 18.0 Å². The van der Waals surface area contributed by atoms with Crippen molar-refractivity contribution >= 4 is 5.97 Å². The Kier molecular flexibility index (Phi) is 4.55. The van der Waals surface area contributed by atoms with Crippen LogP contribution in [0.1, 0.15) is 24.4 Å². The summed E-state index contributed by atoms with van der Waals surface area (Å²) in [6, 6.07) is 4.52. The maximum atomic E-state index is 11.9. The van der Waals surface area contributed by atoms with Gasteiger partial charge in [-0.15, -0.1) is 13.2 Å². The Labute approximate surface area is 101 Å². The number of hydrogen-bond donors (Lipinski definition) is 2. The standard InChI is InChI=1S/C11H12F3NO3/c12-11(13,14)18-8-3-1-7(2-4-8)9(15)5-6-10(16)17/h1-4,9H,5-6,15H2,(H,16,17). The molecule has 0 radical (unpaired) electrons. The van der Waals surface area contributed by atoms with Gasteiger partial charge in [0.15, 0.2) is 0 Å². The summed E-state index contributed by atoms with van der Waals surface area (Å²) >= 11 is 0. The molecular weight excluding hydrogens is 251 g/mol. The summed E-state index contributed by atoms with van der Waals surface area (Å²) in [7, 11) is 0. The van der Waals surface area contributed by atoms with E-state index in [0.717, 1.165) is 12.1 Å². The van der Waals surface area contributed by atoms with Crippen molar-refractivity contribution < 1.29 is 27.8 Å². The van der Waals surface area contributed by atoms with E-state index in [-0.39, 0.29) is 18.6 Å². The molecule has 0 aromatic heterocycles. The SMILES string of the molecule is NC(CCC(=O)O)c1ccc(OC(F)(F)F)cc1. The third-order valence-corrected chi connectivity index (χ3v) is 2.21. The third-order valence-electron chi connectivity index (χ3n) is 2.21. The highest BCUT2D eigenvalue weighted by atomic mass is 19.4. The predicted octanol–water partition coefficient (Wildman–Crippen LogP) is 2.45. The van der Waals surface area contributed by atoms with Gasteiger partial charge in [-0.05, 0) is 24.1 Å². The summed E-state index contributed by atoms with van der Waals surface area (Å²) < 4.78 is 39.4. The Hall–Kier alpha value is -1.76. The minimum atomic E-state index is -4.73. The van der Waals surface area contributed by atoms with E-state index < -0.39 is 18.4 Å². The van der Waals surface area contributed by atoms with Gasteiger partial charge >= 0.3 is 12.3 Å². The fraction of sp³-hybridized carbons (Fsp3) is 0.364. The molecule has 1 rings (SSSR count). The minimum absolute atomic E-state index is 0.0953. The topological polar surface area (TPSA) is 72.6 Å². The van der Waals surface area contributed by atoms with Crippen molar-refractivity contribution in [3.63, 3.8) is 0 Å². The maximum absolute atomic E-state index is 11.9. The number of carboxylic acids is 1. The first-order valence-corrected chi connectivity index (χ1v) is 5.11. The number of alkyl halides is 3. The Bertz CT molecular complexity index is 403. The first-order chi connectivity index (χ1) is 8.28. The number of halogens is 3. The van der Waals surface area contributed by atoms with E-state index in [2.05, 4.69) is 4.74 Å². The average Bonchev–Trinajstić information content (AvgIpc) is 2.24. The quantitative estimate of drug-likeness (QED) is 0.855. The van der Waals surface area contributed by atoms with Crippen molar-refractivity contribution in [2.75, 3.05) is 0 Å². The van der Waals surface area contributed by atoms with Crippen LogP contribution in [0.3, 0.4) is 0 Å². The van der Waals surface area contributed by atoms with Crippen molar-refractivity contribution in [1.29, 1.82) is 0 Å². The van der Waals surface area contributed by atoms with Crippen LogP contribution in [0.15, 0.2) is 24.3 Å². The molecule has 3 N–H and O–H groups in total. The van der Waals surface area contributed by atoms with Crippen LogP contribution in [0.2, 0.25) is 0 Å². The van der Waals surface area contributed by atoms with Gasteiger partial charge in [0.2, 0.25) is 0 Å². The first-order valence-electron chi connectivity index (χ1n) is 5.11. The molecule has 0 saturated heterocycles. The number of carbonyl (C=O) groups is 1. The zero-order valence-electron chi connectivity index (χ0n) is 9.28. The van der Waals surface area contributed by atoms with Crippen LogP contribution in [-0.4, -0.2) is 17.4 Å². The molecule has 100 valence electrons. The van der Waals surface area contributed by atoms with E-state index >= 15 is 0 Å². The highest BCUT2D eigenvalue weighted by Gasteiger charge is 2.30. The number of ether oxygens (including phenoxy) is 1. The molecule has 0 fully saturated rings. The monoisotopic (exact) mass is 263 g/mol. The highest BCUT2D eigenvalue weighted by Crippen LogP contribution is 2.24. The number of benzene rings is 1. The van der Waals surface area contributed by atoms with Crippen LogP contribution in [0.5, 0.6) is 5.75 Å². The molecular formula is C11H12F3NO3. The first kappa shape index (κ1) is 14.3. The van der Waals surface area contributed by atoms with Crippen molar-refractivity contribution in [3.05, 3.63) is 29.8 Å². The van der Waals surface area contributed by atoms with E-state index in [1.807, 2.05) is 0 Å². The third kappa shape index (κ3) is 5.05. The largest absolute Gasteiger partial charge is 0.573 e. The minimum Gasteiger partial charge on any atom is -0.481 e. The zero-order valence-corrected chi connectivity index (χ0v) is 9.28. The summed E-state index contributed by atoms with van der Waals surface area (Å²) in [5, 5.41) is 8.48. The summed E-state index contributed by atoms with van der Waals surface area (Å²) in [6.45, 7) is 0. The van der Waals surface area contributed by atoms with E-state index in [4.69, 9.17) is 10.8 Å². The Balaban J connectivity index is 2.62. The smallest absolute Gasteiger partial charge is 0.481 e. The van der Waals surface area contributed by atoms with Crippen molar-refractivity contribution in [1.82, 2.24) is 0 Å². The molecule has 1 atom stereocenters. The summed E-state index contributed by atoms with van der Waals surface area (Å²) in [6.07, 6.45) is -4.61. The summed E-state index contributed by atoms with van der Waals surface area (Å²) in [5.41, 5.74) is 6.26. The van der Waals surface area contributed by atoms with Crippen LogP contribution in [0.4, 0.5) is 13.2 Å². The molecule has 0 amide bonds. The molecule has 0 saturated carbocycles. The zero-order chi connectivity index (χ0) is 13.8. The highest BCUT2D eigenvalue weighted by molar-refractivity contribution is 5.66. The second-order valence-electron chi connectivity index (χ2n) is 3.66. The number of carboxylic acid groups (broad SMARTS) is 1. The fourth-order valence-corrected chi connectivity index (χ4v) is 1.36. The molecule has 0 heterocycles. The number of nitrogens with two attached hydrogens (primary N) is 1. The van der Waals surface area contributed by atoms with Gasteiger partial charge in [-0.1, -0.05) is 12.1 Å². The Morgan fingerprint density at radius 1 is 1.33 bits per heavy atom. The maximum Gasteiger partial charge on any atom is 0.573 e. The number of rotatable bonds is 5. The Morgan fingerprint density at radius 2 is 1.89 bits per heavy atom. The molecule has 7 heteroatoms. The van der Waals surface area contributed by atoms with Crippen LogP contribution in [0, 0.1) is 0 Å². The van der Waals surface area contributed by atoms with Gasteiger partial charge in [-0.3, -0.25) is 4.79 Å². The van der Waals surface area contributed by atoms with Gasteiger partial charge < -0.3 is 15.6 Å². The van der Waals surface area contributed by atoms with Crippen LogP contribution in [0.25, 0.3) is 0 Å². The molecule has 18 heavy (non-hydrogen) atoms. The molecule has 0 bridgehead atoms. The molecule has 4 nitrogen and oxygen atoms in total. The fourth-order valence-electron chi connectivity index (χ4n) is 1.36. The lowest BCUT2D eigenvalue weighted by molar-refractivity contribution is -0.274. The lowest BCUT2D eigenvalue weighted by Gasteiger charge is -2.12. The van der Waals surface area contributed by atoms with Gasteiger partial charge in [0.05, 0.1) is 0 Å². The molecule has 1 aromatic rings. The van der Waals surface area contributed by atoms with Gasteiger partial charge in [0, 0.05) is 12.5 Å². The van der Waals surface area contributed by atoms with E-state index in [1.54, 1.807) is 0 Å². The molecule has 1 aromatic carbocycles. The lowest BCUT2D eigenvalue weighted by atomic mass is 10.0. The lowest BCUT2D eigenvalue weighted by Crippen LogP contribution is -2.17. The van der Waals surface area contributed by atoms with E-state index in [0.29, 0.717) is 5.56 Å². The number of hydrogen-bond acceptors (Lipinski definition) is 3. The second kappa shape index (κ2) is 5.72. The van der Waals surface area contributed by atoms with Crippen LogP contribution in [-0.2, 0) is 4.79 Å². The molecule has 0 aliphatic carbocycles. The summed E-state index contributed by atoms with van der Waals surface area (Å²) in [4.78, 5) is 10.3. The second-order valence-corrected chi connectivity index (χ2v) is 3.66. The van der Waals surface area contributed by atoms with Gasteiger partial charge in [0.1, 0.15) is 5.75 Å². The van der Waals surface area contributed by atoms with Crippen molar-refractivity contribution in [3.8, 4) is 5.75 Å². The van der Waals surface area contributed by atoms with Crippen LogP contribution >= 0.6 is 0 Å². The summed E-state index contributed by atoms with van der Waals surface area (Å²) in [5.74, 6) is -1.31. The van der Waals surface area contributed by atoms with Gasteiger partial charge in [-0.25, -0.2) is 0 Å². The molecule has 0 aliphatic heterocycles. The van der Waals surface area contributed by atoms with Crippen LogP contribution < -0.4 is 10.5 Å². The Morgan fingerprint density at radius 3 is 2.33 bits per heavy atom. The van der Waals surface area contributed by atoms with Gasteiger partial charge in [-0.2, -0.15) is 0 Å². The average molecular weight is 263 g/mol. The normalized spacial score (nSPS) is 13.1. The number of aliphatic carboxylic acids is 1.